The average molecular weight is 784 g/mol. The molecule has 54 heavy (non-hydrogen) atoms. The number of carbonyl (C=O) groups excluding carboxylic acids is 1. The van der Waals surface area contributed by atoms with Crippen molar-refractivity contribution in [3.8, 4) is 0 Å². The molecular formula is C45H86NO7P. The van der Waals surface area contributed by atoms with Crippen molar-refractivity contribution in [3.63, 3.8) is 0 Å². The first-order valence-corrected chi connectivity index (χ1v) is 24.0. The molecule has 0 bridgehead atoms. The van der Waals surface area contributed by atoms with Crippen molar-refractivity contribution in [3.05, 3.63) is 36.6 Å². The number of nitrogens with two attached hydrogens (primary N) is 1. The summed E-state index contributed by atoms with van der Waals surface area (Å²) in [6, 6.07) is 0. The molecule has 0 radical (unpaired) electrons. The summed E-state index contributed by atoms with van der Waals surface area (Å²) < 4.78 is 33.2. The topological polar surface area (TPSA) is 117 Å². The first-order chi connectivity index (χ1) is 26.4. The van der Waals surface area contributed by atoms with Gasteiger partial charge in [-0.1, -0.05) is 160 Å². The first-order valence-electron chi connectivity index (χ1n) is 22.5. The smallest absolute Gasteiger partial charge is 0.472 e. The highest BCUT2D eigenvalue weighted by Gasteiger charge is 2.25. The highest BCUT2D eigenvalue weighted by atomic mass is 31.2. The minimum Gasteiger partial charge on any atom is -0.498 e. The van der Waals surface area contributed by atoms with E-state index in [1.165, 1.54) is 161 Å². The van der Waals surface area contributed by atoms with Gasteiger partial charge in [-0.05, 0) is 76.7 Å². The van der Waals surface area contributed by atoms with Crippen molar-refractivity contribution in [2.45, 2.75) is 219 Å². The molecule has 3 N–H and O–H groups in total. The SMILES string of the molecule is CCCCCC/C=C\CCCCCCCC/C=C\OC[C@H](COP(=O)(O)OCCN)OC(=O)CCCCCCCCCCC/C=C\CCCCCCCC. The maximum absolute atomic E-state index is 12.6. The highest BCUT2D eigenvalue weighted by molar-refractivity contribution is 7.47. The van der Waals surface area contributed by atoms with E-state index in [0.717, 1.165) is 32.1 Å². The standard InChI is InChI=1S/C45H86NO7P/c1-3-5-7-9-11-13-15-17-19-21-22-23-24-26-28-30-32-34-36-38-45(47)53-44(43-52-54(48,49)51-41-39-46)42-50-40-37-35-33-31-29-27-25-20-18-16-14-12-10-8-6-4-2/h14,16-17,19,37,40,44H,3-13,15,18,20-36,38-39,41-43,46H2,1-2H3,(H,48,49)/b16-14-,19-17-,40-37-/t44-/m1/s1. The second kappa shape index (κ2) is 42.7. The Morgan fingerprint density at radius 1 is 0.556 bits per heavy atom. The van der Waals surface area contributed by atoms with E-state index in [1.54, 1.807) is 6.26 Å². The Morgan fingerprint density at radius 3 is 1.39 bits per heavy atom. The molecular weight excluding hydrogens is 697 g/mol. The van der Waals surface area contributed by atoms with Crippen LogP contribution in [-0.2, 0) is 27.9 Å². The molecule has 0 aromatic rings. The first kappa shape index (κ1) is 52.6. The fraction of sp³-hybridized carbons (Fsp3) is 0.844. The minimum absolute atomic E-state index is 0.0296. The molecule has 0 saturated heterocycles. The average Bonchev–Trinajstić information content (AvgIpc) is 3.16. The molecule has 0 rings (SSSR count). The molecule has 1 unspecified atom stereocenters. The van der Waals surface area contributed by atoms with Crippen molar-refractivity contribution in [1.82, 2.24) is 0 Å². The van der Waals surface area contributed by atoms with E-state index < -0.39 is 13.9 Å². The predicted molar refractivity (Wildman–Crippen MR) is 229 cm³/mol. The number of ether oxygens (including phenoxy) is 2. The van der Waals surface area contributed by atoms with E-state index in [1.807, 2.05) is 6.08 Å². The monoisotopic (exact) mass is 784 g/mol. The Balaban J connectivity index is 4.05. The van der Waals surface area contributed by atoms with Crippen LogP contribution in [0.3, 0.4) is 0 Å². The summed E-state index contributed by atoms with van der Waals surface area (Å²) in [4.78, 5) is 22.5. The maximum Gasteiger partial charge on any atom is 0.472 e. The van der Waals surface area contributed by atoms with Gasteiger partial charge in [0, 0.05) is 13.0 Å². The normalized spacial score (nSPS) is 13.7. The molecule has 0 spiro atoms. The van der Waals surface area contributed by atoms with Gasteiger partial charge in [0.25, 0.3) is 0 Å². The number of rotatable bonds is 43. The molecule has 0 saturated carbocycles. The van der Waals surface area contributed by atoms with Crippen molar-refractivity contribution >= 4 is 13.8 Å². The third kappa shape index (κ3) is 41.7. The zero-order chi connectivity index (χ0) is 39.5. The molecule has 0 aliphatic rings. The van der Waals surface area contributed by atoms with Gasteiger partial charge in [-0.2, -0.15) is 0 Å². The second-order valence-electron chi connectivity index (χ2n) is 15.0. The molecule has 0 aliphatic heterocycles. The third-order valence-corrected chi connectivity index (χ3v) is 10.6. The zero-order valence-electron chi connectivity index (χ0n) is 35.2. The number of hydrogen-bond donors (Lipinski definition) is 2. The molecule has 9 heteroatoms. The lowest BCUT2D eigenvalue weighted by molar-refractivity contribution is -0.153. The summed E-state index contributed by atoms with van der Waals surface area (Å²) in [6.07, 6.45) is 49.7. The van der Waals surface area contributed by atoms with Gasteiger partial charge >= 0.3 is 13.8 Å². The van der Waals surface area contributed by atoms with Gasteiger partial charge in [-0.25, -0.2) is 4.57 Å². The van der Waals surface area contributed by atoms with Crippen LogP contribution >= 0.6 is 7.82 Å². The number of allylic oxidation sites excluding steroid dienone is 5. The summed E-state index contributed by atoms with van der Waals surface area (Å²) >= 11 is 0. The molecule has 0 amide bonds. The fourth-order valence-corrected chi connectivity index (χ4v) is 7.01. The molecule has 318 valence electrons. The number of phosphoric ester groups is 1. The van der Waals surface area contributed by atoms with E-state index >= 15 is 0 Å². The van der Waals surface area contributed by atoms with Crippen molar-refractivity contribution in [2.24, 2.45) is 5.73 Å². The number of hydrogen-bond acceptors (Lipinski definition) is 7. The van der Waals surface area contributed by atoms with E-state index in [4.69, 9.17) is 24.3 Å². The van der Waals surface area contributed by atoms with E-state index in [9.17, 15) is 14.3 Å². The van der Waals surface area contributed by atoms with Crippen LogP contribution in [0, 0.1) is 0 Å². The van der Waals surface area contributed by atoms with E-state index in [2.05, 4.69) is 38.2 Å². The van der Waals surface area contributed by atoms with Crippen LogP contribution in [0.1, 0.15) is 213 Å². The van der Waals surface area contributed by atoms with Gasteiger partial charge in [0.2, 0.25) is 0 Å². The minimum atomic E-state index is -4.29. The van der Waals surface area contributed by atoms with Crippen molar-refractivity contribution in [1.29, 1.82) is 0 Å². The lowest BCUT2D eigenvalue weighted by Gasteiger charge is -2.19. The third-order valence-electron chi connectivity index (χ3n) is 9.59. The van der Waals surface area contributed by atoms with Crippen LogP contribution in [0.5, 0.6) is 0 Å². The lowest BCUT2D eigenvalue weighted by atomic mass is 10.1. The van der Waals surface area contributed by atoms with Gasteiger partial charge in [-0.3, -0.25) is 13.8 Å². The Bertz CT molecular complexity index is 926. The van der Waals surface area contributed by atoms with Gasteiger partial charge < -0.3 is 20.1 Å². The molecule has 8 nitrogen and oxygen atoms in total. The molecule has 2 atom stereocenters. The van der Waals surface area contributed by atoms with Crippen LogP contribution in [0.15, 0.2) is 36.6 Å². The van der Waals surface area contributed by atoms with Gasteiger partial charge in [0.05, 0.1) is 19.5 Å². The van der Waals surface area contributed by atoms with Crippen LogP contribution in [-0.4, -0.2) is 43.3 Å². The van der Waals surface area contributed by atoms with Crippen LogP contribution in [0.4, 0.5) is 0 Å². The van der Waals surface area contributed by atoms with Crippen LogP contribution in [0.2, 0.25) is 0 Å². The van der Waals surface area contributed by atoms with Gasteiger partial charge in [0.15, 0.2) is 6.10 Å². The fourth-order valence-electron chi connectivity index (χ4n) is 6.25. The number of phosphoric acid groups is 1. The van der Waals surface area contributed by atoms with Gasteiger partial charge in [-0.15, -0.1) is 0 Å². The number of esters is 1. The predicted octanol–water partition coefficient (Wildman–Crippen LogP) is 13.8. The van der Waals surface area contributed by atoms with E-state index in [0.29, 0.717) is 6.42 Å². The van der Waals surface area contributed by atoms with Crippen LogP contribution in [0.25, 0.3) is 0 Å². The molecule has 0 aliphatic carbocycles. The Labute approximate surface area is 333 Å². The van der Waals surface area contributed by atoms with Crippen LogP contribution < -0.4 is 5.73 Å². The van der Waals surface area contributed by atoms with E-state index in [-0.39, 0.29) is 32.3 Å². The largest absolute Gasteiger partial charge is 0.498 e. The van der Waals surface area contributed by atoms with Crippen molar-refractivity contribution < 1.29 is 32.8 Å². The second-order valence-corrected chi connectivity index (χ2v) is 16.4. The Morgan fingerprint density at radius 2 is 0.944 bits per heavy atom. The van der Waals surface area contributed by atoms with Gasteiger partial charge in [0.1, 0.15) is 6.61 Å². The Kier molecular flexibility index (Phi) is 41.6. The van der Waals surface area contributed by atoms with Crippen molar-refractivity contribution in [2.75, 3.05) is 26.4 Å². The lowest BCUT2D eigenvalue weighted by Crippen LogP contribution is -2.27. The molecule has 0 fully saturated rings. The highest BCUT2D eigenvalue weighted by Crippen LogP contribution is 2.43. The summed E-state index contributed by atoms with van der Waals surface area (Å²) in [5.74, 6) is -0.355. The summed E-state index contributed by atoms with van der Waals surface area (Å²) in [7, 11) is -4.29. The molecule has 0 aromatic heterocycles. The summed E-state index contributed by atoms with van der Waals surface area (Å²) in [6.45, 7) is 4.23. The summed E-state index contributed by atoms with van der Waals surface area (Å²) in [5.41, 5.74) is 5.37. The molecule has 0 aromatic carbocycles. The summed E-state index contributed by atoms with van der Waals surface area (Å²) in [5, 5.41) is 0. The maximum atomic E-state index is 12.6. The Hall–Kier alpha value is -1.44. The number of carbonyl (C=O) groups is 1. The molecule has 0 heterocycles. The quantitative estimate of drug-likeness (QED) is 0.0206. The zero-order valence-corrected chi connectivity index (χ0v) is 36.1. The number of unbranched alkanes of at least 4 members (excludes halogenated alkanes) is 26.